The van der Waals surface area contributed by atoms with E-state index in [1.54, 1.807) is 6.92 Å². The molecule has 0 fully saturated rings. The van der Waals surface area contributed by atoms with Crippen molar-refractivity contribution in [1.29, 1.82) is 0 Å². The Labute approximate surface area is 114 Å². The first-order valence-electron chi connectivity index (χ1n) is 4.51. The molecule has 0 amide bonds. The summed E-state index contributed by atoms with van der Waals surface area (Å²) < 4.78 is 26.5. The van der Waals surface area contributed by atoms with Gasteiger partial charge < -0.3 is 5.73 Å². The van der Waals surface area contributed by atoms with Gasteiger partial charge in [0.1, 0.15) is 0 Å². The van der Waals surface area contributed by atoms with E-state index in [-0.39, 0.29) is 20.1 Å². The largest absolute Gasteiger partial charge is 0.398 e. The maximum atomic E-state index is 12.0. The van der Waals surface area contributed by atoms with Crippen LogP contribution < -0.4 is 10.5 Å². The number of terminal acetylenes is 1. The second-order valence-electron chi connectivity index (χ2n) is 3.32. The summed E-state index contributed by atoms with van der Waals surface area (Å²) in [6, 6.07) is 2.13. The Balaban J connectivity index is 3.30. The molecule has 1 atom stereocenters. The van der Waals surface area contributed by atoms with Gasteiger partial charge in [0.25, 0.3) is 0 Å². The minimum atomic E-state index is -3.75. The molecule has 1 aromatic rings. The van der Waals surface area contributed by atoms with E-state index in [1.807, 2.05) is 0 Å². The molecular weight excluding hydrogens is 328 g/mol. The van der Waals surface area contributed by atoms with Crippen LogP contribution in [0.15, 0.2) is 21.5 Å². The number of anilines is 1. The lowest BCUT2D eigenvalue weighted by Gasteiger charge is -2.12. The van der Waals surface area contributed by atoms with Gasteiger partial charge in [-0.25, -0.2) is 8.42 Å². The van der Waals surface area contributed by atoms with Crippen LogP contribution in [0.2, 0.25) is 5.02 Å². The van der Waals surface area contributed by atoms with Crippen LogP contribution in [0, 0.1) is 12.3 Å². The summed E-state index contributed by atoms with van der Waals surface area (Å²) in [5.74, 6) is 2.27. The lowest BCUT2D eigenvalue weighted by Crippen LogP contribution is -2.31. The summed E-state index contributed by atoms with van der Waals surface area (Å²) in [6.07, 6.45) is 5.12. The average Bonchev–Trinajstić information content (AvgIpc) is 2.22. The Bertz CT molecular complexity index is 581. The molecule has 0 saturated heterocycles. The molecule has 17 heavy (non-hydrogen) atoms. The molecule has 1 unspecified atom stereocenters. The molecule has 0 radical (unpaired) electrons. The Kier molecular flexibility index (Phi) is 4.44. The molecule has 0 aliphatic carbocycles. The van der Waals surface area contributed by atoms with Gasteiger partial charge in [0.15, 0.2) is 0 Å². The van der Waals surface area contributed by atoms with Gasteiger partial charge in [-0.15, -0.1) is 6.42 Å². The van der Waals surface area contributed by atoms with E-state index in [0.29, 0.717) is 0 Å². The summed E-state index contributed by atoms with van der Waals surface area (Å²) >= 11 is 8.87. The number of sulfonamides is 1. The van der Waals surface area contributed by atoms with Gasteiger partial charge in [-0.1, -0.05) is 17.5 Å². The summed E-state index contributed by atoms with van der Waals surface area (Å²) in [5, 5.41) is 0.236. The van der Waals surface area contributed by atoms with Crippen LogP contribution in [0.25, 0.3) is 0 Å². The van der Waals surface area contributed by atoms with E-state index in [9.17, 15) is 8.42 Å². The standard InChI is InChI=1S/C10H10BrClN2O2S/c1-3-6(2)14-17(15,16)9-5-7(12)4-8(13)10(9)11/h1,4-6,14H,13H2,2H3. The number of hydrogen-bond donors (Lipinski definition) is 2. The molecule has 92 valence electrons. The molecule has 0 saturated carbocycles. The number of nitrogen functional groups attached to an aromatic ring is 1. The molecular formula is C10H10BrClN2O2S. The Morgan fingerprint density at radius 2 is 2.18 bits per heavy atom. The Morgan fingerprint density at radius 3 is 2.71 bits per heavy atom. The number of halogens is 2. The van der Waals surface area contributed by atoms with E-state index < -0.39 is 16.1 Å². The van der Waals surface area contributed by atoms with Crippen molar-refractivity contribution in [3.63, 3.8) is 0 Å². The van der Waals surface area contributed by atoms with E-state index in [1.165, 1.54) is 12.1 Å². The fourth-order valence-electron chi connectivity index (χ4n) is 1.11. The quantitative estimate of drug-likeness (QED) is 0.654. The molecule has 7 heteroatoms. The lowest BCUT2D eigenvalue weighted by molar-refractivity contribution is 0.577. The molecule has 0 aliphatic rings. The monoisotopic (exact) mass is 336 g/mol. The number of hydrogen-bond acceptors (Lipinski definition) is 3. The summed E-state index contributed by atoms with van der Waals surface area (Å²) in [6.45, 7) is 1.55. The van der Waals surface area contributed by atoms with Gasteiger partial charge in [-0.2, -0.15) is 4.72 Å². The van der Waals surface area contributed by atoms with Crippen molar-refractivity contribution in [3.05, 3.63) is 21.6 Å². The molecule has 0 bridgehead atoms. The molecule has 4 nitrogen and oxygen atoms in total. The van der Waals surface area contributed by atoms with Crippen LogP contribution in [0.5, 0.6) is 0 Å². The number of rotatable bonds is 3. The minimum Gasteiger partial charge on any atom is -0.398 e. The highest BCUT2D eigenvalue weighted by molar-refractivity contribution is 9.10. The van der Waals surface area contributed by atoms with Gasteiger partial charge >= 0.3 is 0 Å². The lowest BCUT2D eigenvalue weighted by atomic mass is 10.3. The molecule has 0 heterocycles. The first-order chi connectivity index (χ1) is 7.77. The predicted molar refractivity (Wildman–Crippen MR) is 72.2 cm³/mol. The third-order valence-electron chi connectivity index (χ3n) is 1.90. The maximum absolute atomic E-state index is 12.0. The fraction of sp³-hybridized carbons (Fsp3) is 0.200. The summed E-state index contributed by atoms with van der Waals surface area (Å²) in [5.41, 5.74) is 5.86. The smallest absolute Gasteiger partial charge is 0.242 e. The minimum absolute atomic E-state index is 0.0374. The zero-order valence-corrected chi connectivity index (χ0v) is 12.0. The molecule has 1 aromatic carbocycles. The topological polar surface area (TPSA) is 72.2 Å². The van der Waals surface area contributed by atoms with E-state index >= 15 is 0 Å². The van der Waals surface area contributed by atoms with E-state index in [2.05, 4.69) is 26.6 Å². The Hall–Kier alpha value is -0.740. The number of nitrogens with two attached hydrogens (primary N) is 1. The first kappa shape index (κ1) is 14.3. The highest BCUT2D eigenvalue weighted by atomic mass is 79.9. The van der Waals surface area contributed by atoms with E-state index in [0.717, 1.165) is 0 Å². The zero-order valence-electron chi connectivity index (χ0n) is 8.87. The van der Waals surface area contributed by atoms with Gasteiger partial charge in [0.2, 0.25) is 10.0 Å². The van der Waals surface area contributed by atoms with E-state index in [4.69, 9.17) is 23.8 Å². The number of nitrogens with one attached hydrogen (secondary N) is 1. The molecule has 0 aliphatic heterocycles. The second kappa shape index (κ2) is 5.27. The van der Waals surface area contributed by atoms with Gasteiger partial charge in [0, 0.05) is 10.7 Å². The third kappa shape index (κ3) is 3.36. The van der Waals surface area contributed by atoms with Crippen molar-refractivity contribution in [2.45, 2.75) is 17.9 Å². The molecule has 0 aromatic heterocycles. The van der Waals surface area contributed by atoms with Crippen molar-refractivity contribution in [1.82, 2.24) is 4.72 Å². The van der Waals surface area contributed by atoms with Gasteiger partial charge in [0.05, 0.1) is 15.4 Å². The van der Waals surface area contributed by atoms with Crippen molar-refractivity contribution in [2.24, 2.45) is 0 Å². The average molecular weight is 338 g/mol. The Morgan fingerprint density at radius 1 is 1.59 bits per heavy atom. The highest BCUT2D eigenvalue weighted by Gasteiger charge is 2.21. The van der Waals surface area contributed by atoms with Crippen molar-refractivity contribution in [3.8, 4) is 12.3 Å². The summed E-state index contributed by atoms with van der Waals surface area (Å²) in [4.78, 5) is -0.0374. The highest BCUT2D eigenvalue weighted by Crippen LogP contribution is 2.31. The second-order valence-corrected chi connectivity index (χ2v) is 6.23. The van der Waals surface area contributed by atoms with Crippen LogP contribution in [-0.2, 0) is 10.0 Å². The molecule has 3 N–H and O–H groups in total. The summed E-state index contributed by atoms with van der Waals surface area (Å²) in [7, 11) is -3.75. The van der Waals surface area contributed by atoms with Crippen LogP contribution in [-0.4, -0.2) is 14.5 Å². The van der Waals surface area contributed by atoms with Gasteiger partial charge in [-0.05, 0) is 35.0 Å². The van der Waals surface area contributed by atoms with Crippen molar-refractivity contribution >= 4 is 43.2 Å². The normalized spacial score (nSPS) is 13.1. The van der Waals surface area contributed by atoms with Crippen LogP contribution >= 0.6 is 27.5 Å². The van der Waals surface area contributed by atoms with Crippen LogP contribution in [0.3, 0.4) is 0 Å². The van der Waals surface area contributed by atoms with Crippen LogP contribution in [0.4, 0.5) is 5.69 Å². The number of benzene rings is 1. The third-order valence-corrected chi connectivity index (χ3v) is 4.83. The SMILES string of the molecule is C#CC(C)NS(=O)(=O)c1cc(Cl)cc(N)c1Br. The predicted octanol–water partition coefficient (Wildman–Crippen LogP) is 1.98. The molecule has 1 rings (SSSR count). The van der Waals surface area contributed by atoms with Crippen molar-refractivity contribution < 1.29 is 8.42 Å². The van der Waals surface area contributed by atoms with Crippen LogP contribution in [0.1, 0.15) is 6.92 Å². The fourth-order valence-corrected chi connectivity index (χ4v) is 3.57. The zero-order chi connectivity index (χ0) is 13.2. The van der Waals surface area contributed by atoms with Gasteiger partial charge in [-0.3, -0.25) is 0 Å². The van der Waals surface area contributed by atoms with Crippen molar-refractivity contribution in [2.75, 3.05) is 5.73 Å². The molecule has 0 spiro atoms. The first-order valence-corrected chi connectivity index (χ1v) is 7.16. The maximum Gasteiger partial charge on any atom is 0.242 e.